The first-order chi connectivity index (χ1) is 6.99. The molecule has 0 aromatic rings. The summed E-state index contributed by atoms with van der Waals surface area (Å²) < 4.78 is 25.5. The average molecular weight is 235 g/mol. The molecule has 15 heavy (non-hydrogen) atoms. The van der Waals surface area contributed by atoms with Gasteiger partial charge in [-0.15, -0.1) is 0 Å². The van der Waals surface area contributed by atoms with E-state index in [1.165, 1.54) is 12.8 Å². The lowest BCUT2D eigenvalue weighted by molar-refractivity contribution is 0.412. The quantitative estimate of drug-likeness (QED) is 0.579. The smallest absolute Gasteiger partial charge is 0.212 e. The summed E-state index contributed by atoms with van der Waals surface area (Å²) in [5.74, 6) is 0.178. The van der Waals surface area contributed by atoms with E-state index in [0.29, 0.717) is 19.1 Å². The van der Waals surface area contributed by atoms with Crippen LogP contribution in [0.4, 0.5) is 0 Å². The highest BCUT2D eigenvalue weighted by molar-refractivity contribution is 7.89. The summed E-state index contributed by atoms with van der Waals surface area (Å²) in [5.41, 5.74) is 0. The molecule has 90 valence electrons. The Bertz CT molecular complexity index is 259. The normalized spacial score (nSPS) is 17.3. The molecular weight excluding hydrogens is 214 g/mol. The number of hydrogen-bond acceptors (Lipinski definition) is 4. The predicted octanol–water partition coefficient (Wildman–Crippen LogP) is -0.781. The molecule has 0 amide bonds. The van der Waals surface area contributed by atoms with Crippen LogP contribution in [0, 0.1) is 0 Å². The van der Waals surface area contributed by atoms with Crippen LogP contribution < -0.4 is 10.0 Å². The monoisotopic (exact) mass is 235 g/mol. The molecule has 0 saturated heterocycles. The van der Waals surface area contributed by atoms with Crippen molar-refractivity contribution in [1.29, 1.82) is 0 Å². The second-order valence-corrected chi connectivity index (χ2v) is 6.17. The standard InChI is InChI=1S/C9H21N3O2S/c1-12(2)7-5-11-15(13,14)8-6-10-9-3-4-9/h9-11H,3-8H2,1-2H3. The summed E-state index contributed by atoms with van der Waals surface area (Å²) in [5, 5.41) is 3.18. The van der Waals surface area contributed by atoms with Gasteiger partial charge in [0.25, 0.3) is 0 Å². The van der Waals surface area contributed by atoms with E-state index < -0.39 is 10.0 Å². The van der Waals surface area contributed by atoms with Gasteiger partial charge in [-0.2, -0.15) is 0 Å². The molecule has 0 aliphatic heterocycles. The van der Waals surface area contributed by atoms with Gasteiger partial charge in [0.2, 0.25) is 10.0 Å². The Kier molecular flexibility index (Phi) is 4.98. The molecule has 1 aliphatic rings. The van der Waals surface area contributed by atoms with E-state index in [1.54, 1.807) is 0 Å². The van der Waals surface area contributed by atoms with Gasteiger partial charge in [0.05, 0.1) is 5.75 Å². The van der Waals surface area contributed by atoms with E-state index in [0.717, 1.165) is 6.54 Å². The lowest BCUT2D eigenvalue weighted by Gasteiger charge is -2.11. The maximum atomic E-state index is 11.4. The van der Waals surface area contributed by atoms with Crippen molar-refractivity contribution in [3.63, 3.8) is 0 Å². The van der Waals surface area contributed by atoms with Gasteiger partial charge < -0.3 is 10.2 Å². The number of hydrogen-bond donors (Lipinski definition) is 2. The highest BCUT2D eigenvalue weighted by Gasteiger charge is 2.20. The molecule has 1 aliphatic carbocycles. The topological polar surface area (TPSA) is 61.4 Å². The van der Waals surface area contributed by atoms with Crippen LogP contribution in [0.5, 0.6) is 0 Å². The minimum absolute atomic E-state index is 0.178. The molecule has 0 bridgehead atoms. The number of nitrogens with one attached hydrogen (secondary N) is 2. The predicted molar refractivity (Wildman–Crippen MR) is 61.4 cm³/mol. The fourth-order valence-corrected chi connectivity index (χ4v) is 2.12. The van der Waals surface area contributed by atoms with Gasteiger partial charge in [-0.3, -0.25) is 0 Å². The van der Waals surface area contributed by atoms with Crippen molar-refractivity contribution in [2.24, 2.45) is 0 Å². The summed E-state index contributed by atoms with van der Waals surface area (Å²) in [7, 11) is 0.755. The molecule has 0 spiro atoms. The molecule has 6 heteroatoms. The fraction of sp³-hybridized carbons (Fsp3) is 1.00. The zero-order valence-corrected chi connectivity index (χ0v) is 10.3. The van der Waals surface area contributed by atoms with Gasteiger partial charge in [0.15, 0.2) is 0 Å². The maximum absolute atomic E-state index is 11.4. The SMILES string of the molecule is CN(C)CCNS(=O)(=O)CCNC1CC1. The fourth-order valence-electron chi connectivity index (χ4n) is 1.18. The van der Waals surface area contributed by atoms with E-state index in [9.17, 15) is 8.42 Å². The lowest BCUT2D eigenvalue weighted by atomic mass is 10.6. The Morgan fingerprint density at radius 3 is 2.47 bits per heavy atom. The summed E-state index contributed by atoms with van der Waals surface area (Å²) in [6.07, 6.45) is 2.38. The molecule has 1 saturated carbocycles. The van der Waals surface area contributed by atoms with Crippen LogP contribution in [0.1, 0.15) is 12.8 Å². The Hall–Kier alpha value is -0.170. The van der Waals surface area contributed by atoms with Crippen molar-refractivity contribution in [2.75, 3.05) is 39.5 Å². The van der Waals surface area contributed by atoms with Crippen molar-refractivity contribution in [1.82, 2.24) is 14.9 Å². The Morgan fingerprint density at radius 1 is 1.27 bits per heavy atom. The van der Waals surface area contributed by atoms with Crippen LogP contribution in [-0.4, -0.2) is 58.8 Å². The van der Waals surface area contributed by atoms with E-state index in [1.807, 2.05) is 19.0 Å². The average Bonchev–Trinajstić information content (AvgIpc) is 2.86. The molecule has 1 rings (SSSR count). The maximum Gasteiger partial charge on any atom is 0.212 e. The highest BCUT2D eigenvalue weighted by Crippen LogP contribution is 2.17. The molecule has 0 unspecified atom stereocenters. The molecule has 0 aromatic carbocycles. The van der Waals surface area contributed by atoms with E-state index in [2.05, 4.69) is 10.0 Å². The number of nitrogens with zero attached hydrogens (tertiary/aromatic N) is 1. The molecule has 0 radical (unpaired) electrons. The first-order valence-electron chi connectivity index (χ1n) is 5.35. The first-order valence-corrected chi connectivity index (χ1v) is 7.00. The lowest BCUT2D eigenvalue weighted by Crippen LogP contribution is -2.36. The largest absolute Gasteiger partial charge is 0.313 e. The highest BCUT2D eigenvalue weighted by atomic mass is 32.2. The second kappa shape index (κ2) is 5.79. The third-order valence-corrected chi connectivity index (χ3v) is 3.65. The Balaban J connectivity index is 2.07. The summed E-state index contributed by atoms with van der Waals surface area (Å²) in [6.45, 7) is 1.77. The minimum Gasteiger partial charge on any atom is -0.313 e. The molecule has 2 N–H and O–H groups in total. The first kappa shape index (κ1) is 12.9. The van der Waals surface area contributed by atoms with Gasteiger partial charge in [0, 0.05) is 25.7 Å². The number of rotatable bonds is 8. The zero-order valence-electron chi connectivity index (χ0n) is 9.49. The van der Waals surface area contributed by atoms with Crippen molar-refractivity contribution in [3.05, 3.63) is 0 Å². The van der Waals surface area contributed by atoms with Crippen LogP contribution >= 0.6 is 0 Å². The van der Waals surface area contributed by atoms with Crippen LogP contribution in [0.3, 0.4) is 0 Å². The molecule has 1 fully saturated rings. The minimum atomic E-state index is -3.08. The Morgan fingerprint density at radius 2 is 1.93 bits per heavy atom. The van der Waals surface area contributed by atoms with Crippen LogP contribution in [-0.2, 0) is 10.0 Å². The van der Waals surface area contributed by atoms with E-state index in [4.69, 9.17) is 0 Å². The van der Waals surface area contributed by atoms with Gasteiger partial charge in [-0.05, 0) is 26.9 Å². The van der Waals surface area contributed by atoms with Gasteiger partial charge in [-0.25, -0.2) is 13.1 Å². The summed E-state index contributed by atoms with van der Waals surface area (Å²) in [6, 6.07) is 0.571. The molecule has 0 atom stereocenters. The van der Waals surface area contributed by atoms with Crippen molar-refractivity contribution in [3.8, 4) is 0 Å². The molecule has 0 aromatic heterocycles. The van der Waals surface area contributed by atoms with Crippen LogP contribution in [0.2, 0.25) is 0 Å². The summed E-state index contributed by atoms with van der Waals surface area (Å²) >= 11 is 0. The Labute approximate surface area is 92.3 Å². The zero-order chi connectivity index (χ0) is 11.3. The van der Waals surface area contributed by atoms with Crippen LogP contribution in [0.15, 0.2) is 0 Å². The molecule has 0 heterocycles. The molecule has 5 nitrogen and oxygen atoms in total. The van der Waals surface area contributed by atoms with Crippen molar-refractivity contribution in [2.45, 2.75) is 18.9 Å². The van der Waals surface area contributed by atoms with Crippen LogP contribution in [0.25, 0.3) is 0 Å². The number of likely N-dealkylation sites (N-methyl/N-ethyl adjacent to an activating group) is 1. The van der Waals surface area contributed by atoms with Gasteiger partial charge >= 0.3 is 0 Å². The van der Waals surface area contributed by atoms with E-state index in [-0.39, 0.29) is 5.75 Å². The van der Waals surface area contributed by atoms with Gasteiger partial charge in [-0.1, -0.05) is 0 Å². The third-order valence-electron chi connectivity index (χ3n) is 2.26. The molecular formula is C9H21N3O2S. The third kappa shape index (κ3) is 6.83. The summed E-state index contributed by atoms with van der Waals surface area (Å²) in [4.78, 5) is 1.95. The van der Waals surface area contributed by atoms with Crippen molar-refractivity contribution < 1.29 is 8.42 Å². The van der Waals surface area contributed by atoms with Gasteiger partial charge in [0.1, 0.15) is 0 Å². The van der Waals surface area contributed by atoms with Crippen molar-refractivity contribution >= 4 is 10.0 Å². The van der Waals surface area contributed by atoms with E-state index >= 15 is 0 Å². The second-order valence-electron chi connectivity index (χ2n) is 4.24. The number of sulfonamides is 1.